The summed E-state index contributed by atoms with van der Waals surface area (Å²) >= 11 is 0. The van der Waals surface area contributed by atoms with Gasteiger partial charge in [-0.25, -0.2) is 0 Å². The van der Waals surface area contributed by atoms with Crippen LogP contribution in [0.1, 0.15) is 21.5 Å². The van der Waals surface area contributed by atoms with Crippen LogP contribution in [0.4, 0.5) is 13.2 Å². The molecule has 1 rings (SSSR count). The maximum absolute atomic E-state index is 12.5. The van der Waals surface area contributed by atoms with Gasteiger partial charge >= 0.3 is 6.18 Å². The predicted molar refractivity (Wildman–Crippen MR) is 50.1 cm³/mol. The molecule has 0 saturated carbocycles. The molecular formula is C10H8F3NO. The molecule has 15 heavy (non-hydrogen) atoms. The molecule has 1 aromatic rings. The summed E-state index contributed by atoms with van der Waals surface area (Å²) in [5.74, 6) is -0.906. The first-order valence-corrected chi connectivity index (χ1v) is 4.00. The lowest BCUT2D eigenvalue weighted by molar-refractivity contribution is -0.137. The molecule has 0 heterocycles. The molecule has 1 aromatic carbocycles. The Labute approximate surface area is 84.2 Å². The van der Waals surface area contributed by atoms with E-state index >= 15 is 0 Å². The summed E-state index contributed by atoms with van der Waals surface area (Å²) in [5.41, 5.74) is 3.58. The number of hydrogen-bond donors (Lipinski definition) is 1. The first kappa shape index (κ1) is 11.3. The Morgan fingerprint density at radius 3 is 2.40 bits per heavy atom. The maximum Gasteiger partial charge on any atom is 0.417 e. The van der Waals surface area contributed by atoms with Crippen LogP contribution in [0.15, 0.2) is 24.8 Å². The lowest BCUT2D eigenvalue weighted by Crippen LogP contribution is -2.16. The number of amides is 1. The molecule has 1 amide bonds. The van der Waals surface area contributed by atoms with E-state index in [9.17, 15) is 18.0 Å². The molecule has 0 aliphatic carbocycles. The Morgan fingerprint density at radius 1 is 1.40 bits per heavy atom. The molecule has 0 saturated heterocycles. The van der Waals surface area contributed by atoms with E-state index in [1.54, 1.807) is 0 Å². The molecule has 80 valence electrons. The average Bonchev–Trinajstić information content (AvgIpc) is 2.15. The van der Waals surface area contributed by atoms with E-state index in [-0.39, 0.29) is 11.1 Å². The van der Waals surface area contributed by atoms with Crippen molar-refractivity contribution < 1.29 is 18.0 Å². The molecule has 0 spiro atoms. The van der Waals surface area contributed by atoms with Gasteiger partial charge in [0.2, 0.25) is 5.91 Å². The van der Waals surface area contributed by atoms with Crippen LogP contribution in [0, 0.1) is 0 Å². The molecule has 0 aliphatic heterocycles. The van der Waals surface area contributed by atoms with E-state index in [0.29, 0.717) is 0 Å². The number of carbonyl (C=O) groups excluding carboxylic acids is 1. The van der Waals surface area contributed by atoms with Gasteiger partial charge in [0.15, 0.2) is 0 Å². The molecule has 0 aromatic heterocycles. The van der Waals surface area contributed by atoms with Crippen molar-refractivity contribution in [3.63, 3.8) is 0 Å². The fourth-order valence-corrected chi connectivity index (χ4v) is 1.25. The third kappa shape index (κ3) is 2.18. The fourth-order valence-electron chi connectivity index (χ4n) is 1.25. The van der Waals surface area contributed by atoms with Gasteiger partial charge in [0.1, 0.15) is 0 Å². The quantitative estimate of drug-likeness (QED) is 0.808. The van der Waals surface area contributed by atoms with Gasteiger partial charge < -0.3 is 5.73 Å². The fraction of sp³-hybridized carbons (Fsp3) is 0.100. The number of halogens is 3. The highest BCUT2D eigenvalue weighted by atomic mass is 19.4. The van der Waals surface area contributed by atoms with Crippen molar-refractivity contribution in [1.82, 2.24) is 0 Å². The van der Waals surface area contributed by atoms with Gasteiger partial charge in [0.05, 0.1) is 5.56 Å². The van der Waals surface area contributed by atoms with Crippen molar-refractivity contribution >= 4 is 12.0 Å². The summed E-state index contributed by atoms with van der Waals surface area (Å²) in [5, 5.41) is 0. The lowest BCUT2D eigenvalue weighted by atomic mass is 10.0. The number of carbonyl (C=O) groups is 1. The number of rotatable bonds is 2. The highest BCUT2D eigenvalue weighted by Crippen LogP contribution is 2.33. The number of benzene rings is 1. The van der Waals surface area contributed by atoms with Crippen molar-refractivity contribution in [3.8, 4) is 0 Å². The van der Waals surface area contributed by atoms with Gasteiger partial charge in [-0.3, -0.25) is 4.79 Å². The normalized spacial score (nSPS) is 11.1. The second-order valence-electron chi connectivity index (χ2n) is 2.83. The van der Waals surface area contributed by atoms with Gasteiger partial charge in [-0.15, -0.1) is 0 Å². The van der Waals surface area contributed by atoms with E-state index in [0.717, 1.165) is 18.2 Å². The summed E-state index contributed by atoms with van der Waals surface area (Å²) in [7, 11) is 0. The smallest absolute Gasteiger partial charge is 0.366 e. The standard InChI is InChI=1S/C10H8F3NO/c1-2-6-7(9(14)15)4-3-5-8(6)10(11,12)13/h2-5H,1H2,(H2,14,15). The Hall–Kier alpha value is -1.78. The molecule has 0 atom stereocenters. The van der Waals surface area contributed by atoms with Crippen LogP contribution in [0.2, 0.25) is 0 Å². The third-order valence-electron chi connectivity index (χ3n) is 1.88. The van der Waals surface area contributed by atoms with Crippen LogP contribution in [-0.4, -0.2) is 5.91 Å². The summed E-state index contributed by atoms with van der Waals surface area (Å²) in [6.07, 6.45) is -3.54. The first-order chi connectivity index (χ1) is 6.88. The van der Waals surface area contributed by atoms with Gasteiger partial charge in [-0.2, -0.15) is 13.2 Å². The Balaban J connectivity index is 3.48. The van der Waals surface area contributed by atoms with Crippen molar-refractivity contribution in [2.45, 2.75) is 6.18 Å². The van der Waals surface area contributed by atoms with Crippen LogP contribution in [0.3, 0.4) is 0 Å². The van der Waals surface area contributed by atoms with Gasteiger partial charge in [-0.1, -0.05) is 18.7 Å². The van der Waals surface area contributed by atoms with Crippen LogP contribution in [0.25, 0.3) is 6.08 Å². The molecular weight excluding hydrogens is 207 g/mol. The zero-order chi connectivity index (χ0) is 11.6. The summed E-state index contributed by atoms with van der Waals surface area (Å²) in [6, 6.07) is 3.24. The van der Waals surface area contributed by atoms with Gasteiger partial charge in [-0.05, 0) is 17.7 Å². The molecule has 0 bridgehead atoms. The minimum absolute atomic E-state index is 0.181. The molecule has 0 aliphatic rings. The second-order valence-corrected chi connectivity index (χ2v) is 2.83. The summed E-state index contributed by atoms with van der Waals surface area (Å²) in [6.45, 7) is 3.24. The maximum atomic E-state index is 12.5. The SMILES string of the molecule is C=Cc1c(C(N)=O)cccc1C(F)(F)F. The third-order valence-corrected chi connectivity index (χ3v) is 1.88. The van der Waals surface area contributed by atoms with E-state index in [1.807, 2.05) is 0 Å². The monoisotopic (exact) mass is 215 g/mol. The second kappa shape index (κ2) is 3.76. The zero-order valence-electron chi connectivity index (χ0n) is 7.64. The predicted octanol–water partition coefficient (Wildman–Crippen LogP) is 2.45. The highest BCUT2D eigenvalue weighted by Gasteiger charge is 2.33. The molecule has 0 radical (unpaired) electrons. The minimum atomic E-state index is -4.52. The highest BCUT2D eigenvalue weighted by molar-refractivity contribution is 5.97. The Kier molecular flexibility index (Phi) is 2.83. The number of primary amides is 1. The molecule has 5 heteroatoms. The Bertz CT molecular complexity index is 410. The van der Waals surface area contributed by atoms with E-state index in [4.69, 9.17) is 5.73 Å². The van der Waals surface area contributed by atoms with E-state index < -0.39 is 17.6 Å². The largest absolute Gasteiger partial charge is 0.417 e. The Morgan fingerprint density at radius 2 is 2.00 bits per heavy atom. The van der Waals surface area contributed by atoms with E-state index in [2.05, 4.69) is 6.58 Å². The number of alkyl halides is 3. The van der Waals surface area contributed by atoms with Crippen LogP contribution < -0.4 is 5.73 Å². The molecule has 0 fully saturated rings. The number of nitrogens with two attached hydrogens (primary N) is 1. The first-order valence-electron chi connectivity index (χ1n) is 4.00. The van der Waals surface area contributed by atoms with Gasteiger partial charge in [0.25, 0.3) is 0 Å². The van der Waals surface area contributed by atoms with Crippen molar-refractivity contribution in [2.75, 3.05) is 0 Å². The average molecular weight is 215 g/mol. The van der Waals surface area contributed by atoms with Crippen LogP contribution in [-0.2, 0) is 6.18 Å². The van der Waals surface area contributed by atoms with Crippen molar-refractivity contribution in [3.05, 3.63) is 41.5 Å². The van der Waals surface area contributed by atoms with Crippen molar-refractivity contribution in [1.29, 1.82) is 0 Å². The minimum Gasteiger partial charge on any atom is -0.366 e. The topological polar surface area (TPSA) is 43.1 Å². The van der Waals surface area contributed by atoms with Crippen LogP contribution in [0.5, 0.6) is 0 Å². The molecule has 2 nitrogen and oxygen atoms in total. The lowest BCUT2D eigenvalue weighted by Gasteiger charge is -2.12. The van der Waals surface area contributed by atoms with Crippen LogP contribution >= 0.6 is 0 Å². The van der Waals surface area contributed by atoms with Crippen molar-refractivity contribution in [2.24, 2.45) is 5.73 Å². The zero-order valence-corrected chi connectivity index (χ0v) is 7.64. The summed E-state index contributed by atoms with van der Waals surface area (Å²) < 4.78 is 37.4. The number of hydrogen-bond acceptors (Lipinski definition) is 1. The molecule has 0 unspecified atom stereocenters. The summed E-state index contributed by atoms with van der Waals surface area (Å²) in [4.78, 5) is 10.9. The van der Waals surface area contributed by atoms with E-state index in [1.165, 1.54) is 6.07 Å². The molecule has 2 N–H and O–H groups in total. The van der Waals surface area contributed by atoms with Gasteiger partial charge in [0, 0.05) is 5.56 Å².